The second-order valence-corrected chi connectivity index (χ2v) is 10.6. The molecule has 194 valence electrons. The van der Waals surface area contributed by atoms with Gasteiger partial charge in [0.25, 0.3) is 10.2 Å². The van der Waals surface area contributed by atoms with Gasteiger partial charge in [-0.15, -0.1) is 11.3 Å². The summed E-state index contributed by atoms with van der Waals surface area (Å²) in [6, 6.07) is -0.257. The quantitative estimate of drug-likeness (QED) is 0.286. The van der Waals surface area contributed by atoms with E-state index in [1.165, 1.54) is 17.5 Å². The molecule has 2 N–H and O–H groups in total. The van der Waals surface area contributed by atoms with Gasteiger partial charge in [0, 0.05) is 48.4 Å². The molecule has 1 aromatic heterocycles. The minimum atomic E-state index is -3.85. The predicted molar refractivity (Wildman–Crippen MR) is 127 cm³/mol. The summed E-state index contributed by atoms with van der Waals surface area (Å²) in [6.07, 6.45) is 3.05. The van der Waals surface area contributed by atoms with Crippen molar-refractivity contribution in [1.29, 1.82) is 0 Å². The van der Waals surface area contributed by atoms with Crippen LogP contribution in [0.15, 0.2) is 40.0 Å². The first-order valence-corrected chi connectivity index (χ1v) is 13.5. The van der Waals surface area contributed by atoms with Gasteiger partial charge in [-0.1, -0.05) is 19.4 Å². The molecule has 2 aliphatic heterocycles. The largest absolute Gasteiger partial charge is 0.466 e. The lowest BCUT2D eigenvalue weighted by Gasteiger charge is -2.31. The third-order valence-electron chi connectivity index (χ3n) is 5.79. The lowest BCUT2D eigenvalue weighted by molar-refractivity contribution is -0.136. The molecule has 3 heterocycles. The van der Waals surface area contributed by atoms with Crippen molar-refractivity contribution in [2.75, 3.05) is 20.2 Å². The van der Waals surface area contributed by atoms with E-state index in [4.69, 9.17) is 4.74 Å². The lowest BCUT2D eigenvalue weighted by atomic mass is 9.94. The van der Waals surface area contributed by atoms with E-state index in [1.54, 1.807) is 10.3 Å². The fourth-order valence-electron chi connectivity index (χ4n) is 4.17. The molecule has 1 fully saturated rings. The fourth-order valence-corrected chi connectivity index (χ4v) is 5.90. The van der Waals surface area contributed by atoms with Crippen LogP contribution in [0, 0.1) is 17.5 Å². The van der Waals surface area contributed by atoms with Gasteiger partial charge in [-0.3, -0.25) is 4.99 Å². The van der Waals surface area contributed by atoms with Gasteiger partial charge in [-0.2, -0.15) is 13.1 Å². The number of fused-ring (bicyclic) bond motifs is 1. The molecule has 2 aliphatic rings. The van der Waals surface area contributed by atoms with Crippen LogP contribution in [0.3, 0.4) is 0 Å². The Labute approximate surface area is 210 Å². The first-order valence-electron chi connectivity index (χ1n) is 11.1. The van der Waals surface area contributed by atoms with Crippen LogP contribution in [0.4, 0.5) is 13.2 Å². The molecule has 0 aliphatic carbocycles. The van der Waals surface area contributed by atoms with Crippen LogP contribution in [0.5, 0.6) is 0 Å². The molecule has 1 saturated heterocycles. The van der Waals surface area contributed by atoms with Crippen LogP contribution >= 0.6 is 11.3 Å². The Bertz CT molecular complexity index is 1320. The molecular formula is C22H24F3N5O4S2. The molecule has 0 amide bonds. The number of carbonyl (C=O) groups is 1. The summed E-state index contributed by atoms with van der Waals surface area (Å²) in [4.78, 5) is 23.3. The number of amidine groups is 1. The molecule has 0 radical (unpaired) electrons. The van der Waals surface area contributed by atoms with Gasteiger partial charge >= 0.3 is 5.97 Å². The topological polar surface area (TPSA) is 113 Å². The molecule has 9 nitrogen and oxygen atoms in total. The van der Waals surface area contributed by atoms with E-state index in [0.29, 0.717) is 17.1 Å². The third kappa shape index (κ3) is 5.16. The minimum Gasteiger partial charge on any atom is -0.466 e. The summed E-state index contributed by atoms with van der Waals surface area (Å²) in [7, 11) is -2.72. The van der Waals surface area contributed by atoms with Crippen molar-refractivity contribution >= 4 is 33.4 Å². The zero-order valence-electron chi connectivity index (χ0n) is 19.4. The highest BCUT2D eigenvalue weighted by molar-refractivity contribution is 7.87. The number of esters is 1. The van der Waals surface area contributed by atoms with Gasteiger partial charge in [0.05, 0.1) is 12.7 Å². The van der Waals surface area contributed by atoms with Crippen LogP contribution in [0.1, 0.15) is 42.8 Å². The Hall–Kier alpha value is -2.81. The molecule has 2 aromatic rings. The van der Waals surface area contributed by atoms with E-state index in [0.717, 1.165) is 25.7 Å². The monoisotopic (exact) mass is 543 g/mol. The van der Waals surface area contributed by atoms with E-state index in [9.17, 15) is 26.4 Å². The van der Waals surface area contributed by atoms with E-state index in [1.807, 2.05) is 6.92 Å². The van der Waals surface area contributed by atoms with Gasteiger partial charge in [0.2, 0.25) is 0 Å². The molecule has 0 spiro atoms. The Balaban J connectivity index is 1.79. The number of benzene rings is 1. The first-order chi connectivity index (χ1) is 17.2. The van der Waals surface area contributed by atoms with Gasteiger partial charge in [0.1, 0.15) is 6.04 Å². The average molecular weight is 544 g/mol. The number of halogens is 3. The number of carbonyl (C=O) groups excluding carboxylic acids is 1. The molecule has 4 rings (SSSR count). The number of nitrogens with zero attached hydrogens (tertiary/aromatic N) is 3. The summed E-state index contributed by atoms with van der Waals surface area (Å²) < 4.78 is 77.7. The summed E-state index contributed by atoms with van der Waals surface area (Å²) >= 11 is 1.23. The first kappa shape index (κ1) is 26.3. The zero-order valence-corrected chi connectivity index (χ0v) is 21.1. The van der Waals surface area contributed by atoms with Crippen molar-refractivity contribution in [2.24, 2.45) is 4.99 Å². The molecule has 2 atom stereocenters. The van der Waals surface area contributed by atoms with Crippen LogP contribution in [0.25, 0.3) is 0 Å². The number of thiazole rings is 1. The number of aromatic nitrogens is 1. The number of rotatable bonds is 9. The Morgan fingerprint density at radius 3 is 2.72 bits per heavy atom. The van der Waals surface area contributed by atoms with Gasteiger partial charge < -0.3 is 9.64 Å². The third-order valence-corrected chi connectivity index (χ3v) is 7.79. The van der Waals surface area contributed by atoms with Crippen LogP contribution in [-0.2, 0) is 19.7 Å². The minimum absolute atomic E-state index is 0.0469. The second-order valence-electron chi connectivity index (χ2n) is 8.19. The molecule has 0 saturated carbocycles. The molecule has 14 heteroatoms. The van der Waals surface area contributed by atoms with E-state index >= 15 is 0 Å². The second kappa shape index (κ2) is 10.7. The highest BCUT2D eigenvalue weighted by atomic mass is 32.2. The van der Waals surface area contributed by atoms with Crippen molar-refractivity contribution in [3.8, 4) is 0 Å². The van der Waals surface area contributed by atoms with E-state index < -0.39 is 45.7 Å². The van der Waals surface area contributed by atoms with Crippen LogP contribution in [-0.4, -0.2) is 56.3 Å². The molecular weight excluding hydrogens is 519 g/mol. The number of hydrogen-bond acceptors (Lipinski definition) is 8. The van der Waals surface area contributed by atoms with Gasteiger partial charge in [0.15, 0.2) is 28.3 Å². The fraction of sp³-hybridized carbons (Fsp3) is 0.409. The molecule has 0 unspecified atom stereocenters. The van der Waals surface area contributed by atoms with Gasteiger partial charge in [-0.05, 0) is 12.5 Å². The van der Waals surface area contributed by atoms with E-state index in [-0.39, 0.29) is 36.5 Å². The predicted octanol–water partition coefficient (Wildman–Crippen LogP) is 2.79. The standard InChI is InChI=1S/C22H24F3N5O4S2/c1-3-4-7-27-36(32,33)29-12-10-15-16(22(31)34-2)19(13-5-6-14(23)18(25)17(13)24)28-20(30(15)11-12)21-26-8-9-35-21/h5-6,8-9,12,19,27,29H,3-4,7,10-11H2,1-2H3/t12-,19-/m0/s1. The van der Waals surface area contributed by atoms with Crippen LogP contribution in [0.2, 0.25) is 0 Å². The molecule has 36 heavy (non-hydrogen) atoms. The number of methoxy groups -OCH3 is 1. The number of hydrogen-bond donors (Lipinski definition) is 2. The summed E-state index contributed by atoms with van der Waals surface area (Å²) in [6.45, 7) is 2.31. The lowest BCUT2D eigenvalue weighted by Crippen LogP contribution is -2.44. The van der Waals surface area contributed by atoms with Crippen molar-refractivity contribution < 1.29 is 31.1 Å². The number of nitrogens with one attached hydrogen (secondary N) is 2. The summed E-state index contributed by atoms with van der Waals surface area (Å²) in [5, 5.41) is 2.12. The number of ether oxygens (including phenoxy) is 1. The zero-order chi connectivity index (χ0) is 26.0. The maximum atomic E-state index is 14.9. The smallest absolute Gasteiger partial charge is 0.338 e. The summed E-state index contributed by atoms with van der Waals surface area (Å²) in [5.74, 6) is -5.15. The Morgan fingerprint density at radius 2 is 2.06 bits per heavy atom. The SMILES string of the molecule is CCCCNS(=O)(=O)N[C@H]1CC2=C(C(=O)OC)[C@H](c3ccc(F)c(F)c3F)N=C(c3nccs3)N2C1. The van der Waals surface area contributed by atoms with Gasteiger partial charge in [-0.25, -0.2) is 27.7 Å². The normalized spacial score (nSPS) is 19.9. The van der Waals surface area contributed by atoms with Crippen molar-refractivity contribution in [3.63, 3.8) is 0 Å². The average Bonchev–Trinajstić information content (AvgIpc) is 3.51. The number of unbranched alkanes of at least 4 members (excludes halogenated alkanes) is 1. The van der Waals surface area contributed by atoms with Crippen molar-refractivity contribution in [2.45, 2.75) is 38.3 Å². The molecule has 1 aromatic carbocycles. The maximum absolute atomic E-state index is 14.9. The van der Waals surface area contributed by atoms with Crippen molar-refractivity contribution in [3.05, 3.63) is 63.0 Å². The van der Waals surface area contributed by atoms with E-state index in [2.05, 4.69) is 19.4 Å². The highest BCUT2D eigenvalue weighted by Gasteiger charge is 2.43. The maximum Gasteiger partial charge on any atom is 0.338 e. The van der Waals surface area contributed by atoms with Crippen molar-refractivity contribution in [1.82, 2.24) is 19.3 Å². The van der Waals surface area contributed by atoms with Crippen LogP contribution < -0.4 is 9.44 Å². The highest BCUT2D eigenvalue weighted by Crippen LogP contribution is 2.41. The molecule has 0 bridgehead atoms. The Kier molecular flexibility index (Phi) is 7.78. The summed E-state index contributed by atoms with van der Waals surface area (Å²) in [5.41, 5.74) is -0.124. The number of aliphatic imine (C=N–C) groups is 1. The Morgan fingerprint density at radius 1 is 1.28 bits per heavy atom.